The lowest BCUT2D eigenvalue weighted by Crippen LogP contribution is -2.46. The molecule has 10 nitrogen and oxygen atoms in total. The van der Waals surface area contributed by atoms with Crippen LogP contribution in [0.15, 0.2) is 55.0 Å². The highest BCUT2D eigenvalue weighted by atomic mass is 32.1. The zero-order chi connectivity index (χ0) is 27.1. The summed E-state index contributed by atoms with van der Waals surface area (Å²) in [6.45, 7) is 6.42. The van der Waals surface area contributed by atoms with Crippen LogP contribution in [-0.2, 0) is 4.74 Å². The summed E-state index contributed by atoms with van der Waals surface area (Å²) in [7, 11) is 0. The van der Waals surface area contributed by atoms with Crippen LogP contribution in [0.1, 0.15) is 50.4 Å². The molecular formula is C27H32N6O4S. The number of anilines is 2. The molecule has 200 valence electrons. The first-order valence-electron chi connectivity index (χ1n) is 12.5. The highest BCUT2D eigenvalue weighted by Crippen LogP contribution is 2.35. The number of hydrogen-bond donors (Lipinski definition) is 3. The highest BCUT2D eigenvalue weighted by molar-refractivity contribution is 7.20. The van der Waals surface area contributed by atoms with Crippen LogP contribution in [0.3, 0.4) is 0 Å². The van der Waals surface area contributed by atoms with Crippen LogP contribution in [0.2, 0.25) is 0 Å². The number of nitrogens with one attached hydrogen (secondary N) is 3. The Morgan fingerprint density at radius 2 is 1.87 bits per heavy atom. The lowest BCUT2D eigenvalue weighted by Gasteiger charge is -2.28. The van der Waals surface area contributed by atoms with Gasteiger partial charge >= 0.3 is 12.1 Å². The molecule has 1 aliphatic rings. The number of benzene rings is 1. The Labute approximate surface area is 225 Å². The Morgan fingerprint density at radius 1 is 1.08 bits per heavy atom. The summed E-state index contributed by atoms with van der Waals surface area (Å²) in [6.07, 6.45) is 6.46. The van der Waals surface area contributed by atoms with E-state index in [9.17, 15) is 14.4 Å². The summed E-state index contributed by atoms with van der Waals surface area (Å²) in [5.41, 5.74) is 0.676. The minimum atomic E-state index is -0.598. The third-order valence-electron chi connectivity index (χ3n) is 5.73. The van der Waals surface area contributed by atoms with E-state index in [-0.39, 0.29) is 23.9 Å². The van der Waals surface area contributed by atoms with Crippen LogP contribution in [0, 0.1) is 0 Å². The van der Waals surface area contributed by atoms with Gasteiger partial charge < -0.3 is 15.0 Å². The zero-order valence-corrected chi connectivity index (χ0v) is 22.5. The number of nitrogens with zero attached hydrogens (tertiary/aromatic N) is 3. The molecule has 0 bridgehead atoms. The number of likely N-dealkylation sites (tertiary alicyclic amines) is 1. The van der Waals surface area contributed by atoms with Crippen molar-refractivity contribution in [1.82, 2.24) is 20.2 Å². The summed E-state index contributed by atoms with van der Waals surface area (Å²) >= 11 is 1.30. The topological polar surface area (TPSA) is 126 Å². The summed E-state index contributed by atoms with van der Waals surface area (Å²) in [4.78, 5) is 49.4. The fourth-order valence-electron chi connectivity index (χ4n) is 4.03. The first kappa shape index (κ1) is 27.1. The Hall–Kier alpha value is -3.99. The Balaban J connectivity index is 1.52. The quantitative estimate of drug-likeness (QED) is 0.403. The molecule has 0 unspecified atom stereocenters. The van der Waals surface area contributed by atoms with Crippen LogP contribution in [0.25, 0.3) is 10.4 Å². The molecular weight excluding hydrogens is 504 g/mol. The number of amides is 4. The van der Waals surface area contributed by atoms with Gasteiger partial charge in [0.25, 0.3) is 5.91 Å². The summed E-state index contributed by atoms with van der Waals surface area (Å²) in [5, 5.41) is 8.89. The van der Waals surface area contributed by atoms with Gasteiger partial charge in [0.2, 0.25) is 0 Å². The summed E-state index contributed by atoms with van der Waals surface area (Å²) in [6, 6.07) is 10.6. The smallest absolute Gasteiger partial charge is 0.410 e. The van der Waals surface area contributed by atoms with Crippen molar-refractivity contribution < 1.29 is 19.1 Å². The van der Waals surface area contributed by atoms with Gasteiger partial charge in [0.15, 0.2) is 5.82 Å². The van der Waals surface area contributed by atoms with Crippen molar-refractivity contribution in [3.63, 3.8) is 0 Å². The van der Waals surface area contributed by atoms with Gasteiger partial charge in [-0.15, -0.1) is 11.3 Å². The minimum Gasteiger partial charge on any atom is -0.444 e. The molecule has 1 saturated heterocycles. The molecule has 0 saturated carbocycles. The molecule has 38 heavy (non-hydrogen) atoms. The number of hydrogen-bond acceptors (Lipinski definition) is 7. The van der Waals surface area contributed by atoms with Crippen molar-refractivity contribution >= 4 is 40.2 Å². The average Bonchev–Trinajstić information content (AvgIpc) is 3.14. The molecule has 3 aromatic rings. The minimum absolute atomic E-state index is 0.251. The van der Waals surface area contributed by atoms with Crippen LogP contribution in [0.5, 0.6) is 0 Å². The van der Waals surface area contributed by atoms with E-state index in [1.807, 2.05) is 51.1 Å². The van der Waals surface area contributed by atoms with Gasteiger partial charge in [0.1, 0.15) is 10.6 Å². The van der Waals surface area contributed by atoms with Crippen molar-refractivity contribution in [2.75, 3.05) is 23.7 Å². The molecule has 11 heteroatoms. The molecule has 0 spiro atoms. The van der Waals surface area contributed by atoms with E-state index >= 15 is 0 Å². The molecule has 1 aromatic carbocycles. The highest BCUT2D eigenvalue weighted by Gasteiger charge is 2.28. The number of ether oxygens (including phenoxy) is 1. The molecule has 4 amide bonds. The lowest BCUT2D eigenvalue weighted by molar-refractivity contribution is 0.0242. The second kappa shape index (κ2) is 12.0. The molecule has 1 fully saturated rings. The van der Waals surface area contributed by atoms with E-state index in [0.717, 1.165) is 29.7 Å². The predicted molar refractivity (Wildman–Crippen MR) is 147 cm³/mol. The number of rotatable bonds is 5. The van der Waals surface area contributed by atoms with E-state index in [2.05, 4.69) is 25.9 Å². The van der Waals surface area contributed by atoms with Crippen LogP contribution in [-0.4, -0.2) is 57.6 Å². The second-order valence-electron chi connectivity index (χ2n) is 9.98. The molecule has 2 aromatic heterocycles. The average molecular weight is 537 g/mol. The maximum Gasteiger partial charge on any atom is 0.410 e. The summed E-state index contributed by atoms with van der Waals surface area (Å²) < 4.78 is 5.55. The first-order valence-corrected chi connectivity index (χ1v) is 13.3. The van der Waals surface area contributed by atoms with Gasteiger partial charge in [0.05, 0.1) is 11.8 Å². The van der Waals surface area contributed by atoms with Gasteiger partial charge in [-0.1, -0.05) is 30.3 Å². The predicted octanol–water partition coefficient (Wildman–Crippen LogP) is 5.37. The van der Waals surface area contributed by atoms with Crippen molar-refractivity contribution in [2.24, 2.45) is 0 Å². The van der Waals surface area contributed by atoms with Crippen LogP contribution in [0.4, 0.5) is 20.4 Å². The van der Waals surface area contributed by atoms with Crippen LogP contribution >= 0.6 is 11.3 Å². The van der Waals surface area contributed by atoms with Gasteiger partial charge in [-0.25, -0.2) is 14.6 Å². The molecule has 0 radical (unpaired) electrons. The van der Waals surface area contributed by atoms with Crippen molar-refractivity contribution in [3.8, 4) is 10.4 Å². The fraction of sp³-hybridized carbons (Fsp3) is 0.370. The Bertz CT molecular complexity index is 1260. The van der Waals surface area contributed by atoms with Gasteiger partial charge in [0, 0.05) is 36.4 Å². The maximum atomic E-state index is 13.5. The maximum absolute atomic E-state index is 13.5. The second-order valence-corrected chi connectivity index (χ2v) is 11.0. The lowest BCUT2D eigenvalue weighted by atomic mass is 10.1. The van der Waals surface area contributed by atoms with E-state index in [1.54, 1.807) is 11.0 Å². The standard InChI is InChI=1S/C27H32N6O4S/c1-27(2,3)37-26(36)33-14-8-7-11-19(17-33)30-23(34)20-15-21(18-9-5-4-6-10-18)38-24(20)32-25(35)31-22-16-28-12-13-29-22/h4-6,9-10,12-13,15-16,19H,7-8,11,14,17H2,1-3H3,(H,30,34)(H2,29,31,32,35)/t19-/m0/s1. The number of carbonyl (C=O) groups excluding carboxylic acids is 3. The SMILES string of the molecule is CC(C)(C)OC(=O)N1CCCC[C@H](NC(=O)c2cc(-c3ccccc3)sc2NC(=O)Nc2cnccn2)C1. The molecule has 3 heterocycles. The van der Waals surface area contributed by atoms with Gasteiger partial charge in [-0.3, -0.25) is 20.4 Å². The van der Waals surface area contributed by atoms with E-state index < -0.39 is 11.6 Å². The normalized spacial score (nSPS) is 15.8. The van der Waals surface area contributed by atoms with Crippen molar-refractivity contribution in [3.05, 3.63) is 60.6 Å². The third-order valence-corrected chi connectivity index (χ3v) is 6.82. The van der Waals surface area contributed by atoms with Crippen molar-refractivity contribution in [2.45, 2.75) is 51.7 Å². The van der Waals surface area contributed by atoms with E-state index in [0.29, 0.717) is 23.7 Å². The molecule has 4 rings (SSSR count). The van der Waals surface area contributed by atoms with Crippen molar-refractivity contribution in [1.29, 1.82) is 0 Å². The van der Waals surface area contributed by atoms with Gasteiger partial charge in [-0.2, -0.15) is 0 Å². The molecule has 3 N–H and O–H groups in total. The monoisotopic (exact) mass is 536 g/mol. The van der Waals surface area contributed by atoms with E-state index in [4.69, 9.17) is 4.74 Å². The summed E-state index contributed by atoms with van der Waals surface area (Å²) in [5.74, 6) is -0.0363. The molecule has 1 atom stereocenters. The number of thiophene rings is 1. The zero-order valence-electron chi connectivity index (χ0n) is 21.7. The number of carbonyl (C=O) groups is 3. The molecule has 0 aliphatic carbocycles. The first-order chi connectivity index (χ1) is 18.2. The van der Waals surface area contributed by atoms with E-state index in [1.165, 1.54) is 29.9 Å². The Kier molecular flexibility index (Phi) is 8.57. The van der Waals surface area contributed by atoms with Crippen LogP contribution < -0.4 is 16.0 Å². The number of urea groups is 1. The third kappa shape index (κ3) is 7.51. The molecule has 1 aliphatic heterocycles. The van der Waals surface area contributed by atoms with Gasteiger partial charge in [-0.05, 0) is 51.7 Å². The largest absolute Gasteiger partial charge is 0.444 e. The Morgan fingerprint density at radius 3 is 2.58 bits per heavy atom. The number of aromatic nitrogens is 2. The fourth-order valence-corrected chi connectivity index (χ4v) is 5.08.